The molecule has 0 saturated carbocycles. The normalized spacial score (nSPS) is 11.0. The van der Waals surface area contributed by atoms with Gasteiger partial charge in [-0.3, -0.25) is 4.98 Å². The lowest BCUT2D eigenvalue weighted by Gasteiger charge is -2.15. The van der Waals surface area contributed by atoms with Crippen LogP contribution in [0.15, 0.2) is 24.4 Å². The van der Waals surface area contributed by atoms with Crippen LogP contribution in [0.4, 0.5) is 0 Å². The fourth-order valence-corrected chi connectivity index (χ4v) is 2.06. The Balaban J connectivity index is 2.29. The SMILES string of the molecule is Cc1ccc(Oc2nc(C)cc(C)c2CNC(C)C)cn1. The maximum Gasteiger partial charge on any atom is 0.224 e. The van der Waals surface area contributed by atoms with Crippen LogP contribution >= 0.6 is 0 Å². The predicted molar refractivity (Wildman–Crippen MR) is 84.7 cm³/mol. The summed E-state index contributed by atoms with van der Waals surface area (Å²) in [6.07, 6.45) is 1.73. The Labute approximate surface area is 126 Å². The molecule has 0 amide bonds. The number of nitrogens with one attached hydrogen (secondary N) is 1. The maximum absolute atomic E-state index is 5.94. The first-order valence-electron chi connectivity index (χ1n) is 7.26. The Morgan fingerprint density at radius 3 is 2.52 bits per heavy atom. The predicted octanol–water partition coefficient (Wildman–Crippen LogP) is 3.69. The average molecular weight is 285 g/mol. The van der Waals surface area contributed by atoms with Gasteiger partial charge < -0.3 is 10.1 Å². The van der Waals surface area contributed by atoms with Crippen LogP contribution in [0, 0.1) is 20.8 Å². The van der Waals surface area contributed by atoms with E-state index in [1.807, 2.05) is 26.0 Å². The maximum atomic E-state index is 5.94. The van der Waals surface area contributed by atoms with E-state index < -0.39 is 0 Å². The summed E-state index contributed by atoms with van der Waals surface area (Å²) in [6, 6.07) is 6.35. The molecule has 0 aliphatic rings. The Bertz CT molecular complexity index is 606. The van der Waals surface area contributed by atoms with E-state index in [9.17, 15) is 0 Å². The van der Waals surface area contributed by atoms with Crippen LogP contribution in [0.25, 0.3) is 0 Å². The van der Waals surface area contributed by atoms with Crippen molar-refractivity contribution in [2.24, 2.45) is 0 Å². The molecule has 0 radical (unpaired) electrons. The summed E-state index contributed by atoms with van der Waals surface area (Å²) < 4.78 is 5.94. The molecule has 2 heterocycles. The second kappa shape index (κ2) is 6.68. The number of aryl methyl sites for hydroxylation is 3. The van der Waals surface area contributed by atoms with Crippen LogP contribution in [0.5, 0.6) is 11.6 Å². The van der Waals surface area contributed by atoms with Crippen molar-refractivity contribution in [3.63, 3.8) is 0 Å². The number of ether oxygens (including phenoxy) is 1. The van der Waals surface area contributed by atoms with E-state index in [0.717, 1.165) is 23.5 Å². The summed E-state index contributed by atoms with van der Waals surface area (Å²) in [5, 5.41) is 3.42. The van der Waals surface area contributed by atoms with Gasteiger partial charge in [0, 0.05) is 29.5 Å². The summed E-state index contributed by atoms with van der Waals surface area (Å²) in [5.41, 5.74) is 4.20. The average Bonchev–Trinajstić information content (AvgIpc) is 2.40. The van der Waals surface area contributed by atoms with Crippen molar-refractivity contribution in [2.45, 2.75) is 47.2 Å². The van der Waals surface area contributed by atoms with Crippen LogP contribution in [-0.2, 0) is 6.54 Å². The van der Waals surface area contributed by atoms with Crippen molar-refractivity contribution in [3.05, 3.63) is 46.9 Å². The first-order valence-corrected chi connectivity index (χ1v) is 7.26. The zero-order valence-corrected chi connectivity index (χ0v) is 13.4. The smallest absolute Gasteiger partial charge is 0.224 e. The van der Waals surface area contributed by atoms with Gasteiger partial charge in [-0.25, -0.2) is 4.98 Å². The van der Waals surface area contributed by atoms with Gasteiger partial charge in [-0.05, 0) is 44.5 Å². The minimum Gasteiger partial charge on any atom is -0.437 e. The Morgan fingerprint density at radius 1 is 1.14 bits per heavy atom. The second-order valence-electron chi connectivity index (χ2n) is 5.64. The highest BCUT2D eigenvalue weighted by molar-refractivity contribution is 5.38. The van der Waals surface area contributed by atoms with Gasteiger partial charge in [0.25, 0.3) is 0 Å². The van der Waals surface area contributed by atoms with Crippen LogP contribution in [0.2, 0.25) is 0 Å². The van der Waals surface area contributed by atoms with E-state index in [4.69, 9.17) is 4.74 Å². The van der Waals surface area contributed by atoms with Crippen molar-refractivity contribution in [2.75, 3.05) is 0 Å². The molecule has 4 heteroatoms. The van der Waals surface area contributed by atoms with Crippen LogP contribution in [0.1, 0.15) is 36.4 Å². The highest BCUT2D eigenvalue weighted by atomic mass is 16.5. The lowest BCUT2D eigenvalue weighted by atomic mass is 10.1. The van der Waals surface area contributed by atoms with E-state index in [-0.39, 0.29) is 0 Å². The molecule has 2 aromatic heterocycles. The van der Waals surface area contributed by atoms with Crippen molar-refractivity contribution in [3.8, 4) is 11.6 Å². The largest absolute Gasteiger partial charge is 0.437 e. The molecule has 0 aromatic carbocycles. The summed E-state index contributed by atoms with van der Waals surface area (Å²) in [7, 11) is 0. The molecule has 0 aliphatic carbocycles. The summed E-state index contributed by atoms with van der Waals surface area (Å²) in [5.74, 6) is 1.37. The van der Waals surface area contributed by atoms with Crippen molar-refractivity contribution in [1.29, 1.82) is 0 Å². The fraction of sp³-hybridized carbons (Fsp3) is 0.412. The lowest BCUT2D eigenvalue weighted by Crippen LogP contribution is -2.23. The summed E-state index contributed by atoms with van der Waals surface area (Å²) in [6.45, 7) is 11.0. The molecule has 0 spiro atoms. The van der Waals surface area contributed by atoms with Gasteiger partial charge in [0.1, 0.15) is 5.75 Å². The molecule has 0 bridgehead atoms. The second-order valence-corrected chi connectivity index (χ2v) is 5.64. The number of pyridine rings is 2. The number of aromatic nitrogens is 2. The van der Waals surface area contributed by atoms with Gasteiger partial charge in [0.2, 0.25) is 5.88 Å². The van der Waals surface area contributed by atoms with E-state index >= 15 is 0 Å². The molecule has 2 rings (SSSR count). The Kier molecular flexibility index (Phi) is 4.91. The molecule has 0 atom stereocenters. The minimum absolute atomic E-state index is 0.416. The van der Waals surface area contributed by atoms with Crippen molar-refractivity contribution >= 4 is 0 Å². The van der Waals surface area contributed by atoms with E-state index in [0.29, 0.717) is 17.7 Å². The Morgan fingerprint density at radius 2 is 1.90 bits per heavy atom. The van der Waals surface area contributed by atoms with Gasteiger partial charge in [-0.2, -0.15) is 0 Å². The number of hydrogen-bond donors (Lipinski definition) is 1. The monoisotopic (exact) mass is 285 g/mol. The van der Waals surface area contributed by atoms with E-state index in [1.54, 1.807) is 6.20 Å². The molecule has 112 valence electrons. The molecule has 0 saturated heterocycles. The van der Waals surface area contributed by atoms with Gasteiger partial charge in [0.15, 0.2) is 0 Å². The van der Waals surface area contributed by atoms with Crippen LogP contribution in [0.3, 0.4) is 0 Å². The summed E-state index contributed by atoms with van der Waals surface area (Å²) >= 11 is 0. The quantitative estimate of drug-likeness (QED) is 0.910. The Hall–Kier alpha value is -1.94. The highest BCUT2D eigenvalue weighted by Gasteiger charge is 2.12. The molecule has 0 aliphatic heterocycles. The highest BCUT2D eigenvalue weighted by Crippen LogP contribution is 2.26. The van der Waals surface area contributed by atoms with Gasteiger partial charge >= 0.3 is 0 Å². The topological polar surface area (TPSA) is 47.0 Å². The van der Waals surface area contributed by atoms with E-state index in [2.05, 4.69) is 42.1 Å². The zero-order valence-electron chi connectivity index (χ0n) is 13.4. The molecule has 2 aromatic rings. The molecule has 21 heavy (non-hydrogen) atoms. The molecule has 1 N–H and O–H groups in total. The van der Waals surface area contributed by atoms with Crippen LogP contribution in [-0.4, -0.2) is 16.0 Å². The molecule has 4 nitrogen and oxygen atoms in total. The first kappa shape index (κ1) is 15.4. The lowest BCUT2D eigenvalue weighted by molar-refractivity contribution is 0.446. The van der Waals surface area contributed by atoms with Crippen molar-refractivity contribution < 1.29 is 4.74 Å². The molecular formula is C17H23N3O. The third-order valence-electron chi connectivity index (χ3n) is 3.22. The third-order valence-corrected chi connectivity index (χ3v) is 3.22. The molecule has 0 fully saturated rings. The number of rotatable bonds is 5. The van der Waals surface area contributed by atoms with Gasteiger partial charge in [-0.15, -0.1) is 0 Å². The van der Waals surface area contributed by atoms with Gasteiger partial charge in [-0.1, -0.05) is 13.8 Å². The molecular weight excluding hydrogens is 262 g/mol. The van der Waals surface area contributed by atoms with Gasteiger partial charge in [0.05, 0.1) is 6.20 Å². The van der Waals surface area contributed by atoms with E-state index in [1.165, 1.54) is 5.56 Å². The number of nitrogens with zero attached hydrogens (tertiary/aromatic N) is 2. The summed E-state index contributed by atoms with van der Waals surface area (Å²) in [4.78, 5) is 8.80. The number of hydrogen-bond acceptors (Lipinski definition) is 4. The van der Waals surface area contributed by atoms with Crippen molar-refractivity contribution in [1.82, 2.24) is 15.3 Å². The third kappa shape index (κ3) is 4.26. The first-order chi connectivity index (χ1) is 9.95. The fourth-order valence-electron chi connectivity index (χ4n) is 2.06. The van der Waals surface area contributed by atoms with Crippen LogP contribution < -0.4 is 10.1 Å². The standard InChI is InChI=1S/C17H23N3O/c1-11(2)18-10-16-12(3)8-14(5)20-17(16)21-15-7-6-13(4)19-9-15/h6-9,11,18H,10H2,1-5H3. The zero-order chi connectivity index (χ0) is 15.4. The minimum atomic E-state index is 0.416. The molecule has 0 unspecified atom stereocenters.